The average Bonchev–Trinajstić information content (AvgIpc) is 2.81. The van der Waals surface area contributed by atoms with Gasteiger partial charge in [-0.2, -0.15) is 0 Å². The molecule has 13 heavy (non-hydrogen) atoms. The van der Waals surface area contributed by atoms with Crippen molar-refractivity contribution < 1.29 is 4.74 Å². The highest BCUT2D eigenvalue weighted by Gasteiger charge is 2.44. The van der Waals surface area contributed by atoms with Crippen LogP contribution in [-0.2, 0) is 4.74 Å². The second-order valence-electron chi connectivity index (χ2n) is 5.61. The zero-order valence-electron chi connectivity index (χ0n) is 9.18. The van der Waals surface area contributed by atoms with Gasteiger partial charge >= 0.3 is 0 Å². The summed E-state index contributed by atoms with van der Waals surface area (Å²) in [5.41, 5.74) is 0. The molecule has 1 aliphatic carbocycles. The molecule has 0 aromatic heterocycles. The second kappa shape index (κ2) is 3.39. The Morgan fingerprint density at radius 1 is 1.23 bits per heavy atom. The molecule has 2 rings (SSSR count). The highest BCUT2D eigenvalue weighted by Crippen LogP contribution is 2.42. The molecule has 76 valence electrons. The van der Waals surface area contributed by atoms with Crippen LogP contribution in [0.5, 0.6) is 0 Å². The van der Waals surface area contributed by atoms with Crippen molar-refractivity contribution in [3.8, 4) is 0 Å². The molecular weight excluding hydrogens is 176 g/mol. The molecule has 1 saturated carbocycles. The Bertz CT molecular complexity index is 191. The Kier molecular flexibility index (Phi) is 2.54. The summed E-state index contributed by atoms with van der Waals surface area (Å²) in [5.74, 6) is 1.00. The van der Waals surface area contributed by atoms with Gasteiger partial charge < -0.3 is 4.74 Å². The first-order valence-electron chi connectivity index (χ1n) is 5.76. The molecule has 0 aromatic rings. The van der Waals surface area contributed by atoms with Gasteiger partial charge in [-0.3, -0.25) is 0 Å². The number of fused-ring (bicyclic) bond motifs is 1. The fourth-order valence-electron chi connectivity index (χ4n) is 2.60. The maximum Gasteiger partial charge on any atom is 0.0844 e. The van der Waals surface area contributed by atoms with Crippen molar-refractivity contribution in [1.29, 1.82) is 0 Å². The molecule has 0 aromatic carbocycles. The third-order valence-corrected chi connectivity index (χ3v) is 7.51. The summed E-state index contributed by atoms with van der Waals surface area (Å²) in [6.45, 7) is 7.44. The van der Waals surface area contributed by atoms with E-state index in [4.69, 9.17) is 4.74 Å². The quantitative estimate of drug-likeness (QED) is 0.501. The topological polar surface area (TPSA) is 12.5 Å². The Labute approximate surface area is 82.9 Å². The molecule has 1 saturated heterocycles. The largest absolute Gasteiger partial charge is 0.370 e. The Balaban J connectivity index is 1.81. The van der Waals surface area contributed by atoms with E-state index in [2.05, 4.69) is 20.0 Å². The lowest BCUT2D eigenvalue weighted by Crippen LogP contribution is -2.29. The maximum absolute atomic E-state index is 5.57. The van der Waals surface area contributed by atoms with E-state index in [9.17, 15) is 0 Å². The van der Waals surface area contributed by atoms with E-state index < -0.39 is 8.07 Å². The van der Waals surface area contributed by atoms with Crippen LogP contribution in [0.2, 0.25) is 25.2 Å². The van der Waals surface area contributed by atoms with Gasteiger partial charge in [-0.15, -0.1) is 0 Å². The minimum absolute atomic E-state index is 0.681. The lowest BCUT2D eigenvalue weighted by molar-refractivity contribution is 0.366. The molecule has 2 aliphatic rings. The molecule has 2 heteroatoms. The normalized spacial score (nSPS) is 38.5. The smallest absolute Gasteiger partial charge is 0.0844 e. The monoisotopic (exact) mass is 198 g/mol. The zero-order valence-corrected chi connectivity index (χ0v) is 10.2. The fraction of sp³-hybridized carbons (Fsp3) is 1.00. The summed E-state index contributed by atoms with van der Waals surface area (Å²) in [7, 11) is -0.831. The molecule has 1 heterocycles. The first kappa shape index (κ1) is 9.72. The first-order chi connectivity index (χ1) is 6.11. The summed E-state index contributed by atoms with van der Waals surface area (Å²) in [6.07, 6.45) is 5.53. The molecule has 0 amide bonds. The van der Waals surface area contributed by atoms with Crippen molar-refractivity contribution in [2.75, 3.05) is 0 Å². The number of hydrogen-bond acceptors (Lipinski definition) is 1. The highest BCUT2D eigenvalue weighted by atomic mass is 28.3. The van der Waals surface area contributed by atoms with Crippen molar-refractivity contribution in [1.82, 2.24) is 0 Å². The predicted octanol–water partition coefficient (Wildman–Crippen LogP) is 3.28. The van der Waals surface area contributed by atoms with Crippen molar-refractivity contribution >= 4 is 8.07 Å². The van der Waals surface area contributed by atoms with Crippen LogP contribution in [0.3, 0.4) is 0 Å². The van der Waals surface area contributed by atoms with Crippen LogP contribution in [0.15, 0.2) is 0 Å². The van der Waals surface area contributed by atoms with Crippen LogP contribution in [0.25, 0.3) is 0 Å². The number of epoxide rings is 1. The average molecular weight is 198 g/mol. The fourth-order valence-corrected chi connectivity index (χ4v) is 4.82. The summed E-state index contributed by atoms with van der Waals surface area (Å²) in [6, 6.07) is 2.98. The van der Waals surface area contributed by atoms with E-state index in [0.717, 1.165) is 5.92 Å². The van der Waals surface area contributed by atoms with E-state index in [1.807, 2.05) is 0 Å². The predicted molar refractivity (Wildman–Crippen MR) is 58.8 cm³/mol. The number of ether oxygens (including phenoxy) is 1. The van der Waals surface area contributed by atoms with Crippen LogP contribution >= 0.6 is 0 Å². The molecule has 2 fully saturated rings. The van der Waals surface area contributed by atoms with Crippen LogP contribution < -0.4 is 0 Å². The van der Waals surface area contributed by atoms with Gasteiger partial charge in [0.25, 0.3) is 0 Å². The molecule has 0 N–H and O–H groups in total. The third-order valence-electron chi connectivity index (χ3n) is 3.91. The molecule has 0 bridgehead atoms. The van der Waals surface area contributed by atoms with Crippen LogP contribution in [0.4, 0.5) is 0 Å². The van der Waals surface area contributed by atoms with E-state index in [0.29, 0.717) is 12.2 Å². The van der Waals surface area contributed by atoms with Crippen LogP contribution in [0, 0.1) is 5.92 Å². The molecule has 0 spiro atoms. The number of rotatable bonds is 3. The number of hydrogen-bond donors (Lipinski definition) is 0. The molecule has 3 unspecified atom stereocenters. The molecule has 1 aliphatic heterocycles. The van der Waals surface area contributed by atoms with Crippen molar-refractivity contribution in [3.05, 3.63) is 0 Å². The van der Waals surface area contributed by atoms with E-state index in [-0.39, 0.29) is 0 Å². The summed E-state index contributed by atoms with van der Waals surface area (Å²) in [5, 5.41) is 0. The van der Waals surface area contributed by atoms with Gasteiger partial charge in [0.15, 0.2) is 0 Å². The Morgan fingerprint density at radius 3 is 2.62 bits per heavy atom. The van der Waals surface area contributed by atoms with Gasteiger partial charge in [0.2, 0.25) is 0 Å². The standard InChI is InChI=1S/C11H22OSi/c1-4-13(2,3)8-9-5-6-10-11(7-9)12-10/h9-11H,4-8H2,1-3H3. The minimum atomic E-state index is -0.831. The minimum Gasteiger partial charge on any atom is -0.370 e. The van der Waals surface area contributed by atoms with Crippen molar-refractivity contribution in [2.24, 2.45) is 5.92 Å². The Morgan fingerprint density at radius 2 is 2.00 bits per heavy atom. The lowest BCUT2D eigenvalue weighted by Gasteiger charge is -2.28. The van der Waals surface area contributed by atoms with Gasteiger partial charge in [-0.1, -0.05) is 32.1 Å². The van der Waals surface area contributed by atoms with Gasteiger partial charge in [-0.05, 0) is 25.2 Å². The third kappa shape index (κ3) is 2.35. The molecule has 1 nitrogen and oxygen atoms in total. The molecular formula is C11H22OSi. The second-order valence-corrected chi connectivity index (χ2v) is 11.1. The summed E-state index contributed by atoms with van der Waals surface area (Å²) >= 11 is 0. The van der Waals surface area contributed by atoms with Gasteiger partial charge in [0.1, 0.15) is 0 Å². The summed E-state index contributed by atoms with van der Waals surface area (Å²) in [4.78, 5) is 0. The molecule has 3 atom stereocenters. The van der Waals surface area contributed by atoms with Crippen molar-refractivity contribution in [3.63, 3.8) is 0 Å². The van der Waals surface area contributed by atoms with E-state index >= 15 is 0 Å². The lowest BCUT2D eigenvalue weighted by atomic mass is 9.91. The highest BCUT2D eigenvalue weighted by molar-refractivity contribution is 6.77. The van der Waals surface area contributed by atoms with E-state index in [1.165, 1.54) is 31.4 Å². The summed E-state index contributed by atoms with van der Waals surface area (Å²) < 4.78 is 5.57. The zero-order chi connectivity index (χ0) is 9.47. The van der Waals surface area contributed by atoms with Gasteiger partial charge in [0, 0.05) is 8.07 Å². The van der Waals surface area contributed by atoms with Crippen LogP contribution in [0.1, 0.15) is 26.2 Å². The van der Waals surface area contributed by atoms with Crippen LogP contribution in [-0.4, -0.2) is 20.3 Å². The first-order valence-corrected chi connectivity index (χ1v) is 9.17. The Hall–Kier alpha value is 0.177. The van der Waals surface area contributed by atoms with Gasteiger partial charge in [0.05, 0.1) is 12.2 Å². The maximum atomic E-state index is 5.57. The molecule has 0 radical (unpaired) electrons. The SMILES string of the molecule is CC[Si](C)(C)CC1CCC2OC2C1. The van der Waals surface area contributed by atoms with Gasteiger partial charge in [-0.25, -0.2) is 0 Å². The van der Waals surface area contributed by atoms with E-state index in [1.54, 1.807) is 0 Å². The van der Waals surface area contributed by atoms with Crippen molar-refractivity contribution in [2.45, 2.75) is 63.6 Å².